The van der Waals surface area contributed by atoms with Crippen molar-refractivity contribution in [3.05, 3.63) is 81.7 Å². The molecule has 3 rings (SSSR count). The fourth-order valence-corrected chi connectivity index (χ4v) is 3.33. The number of nitrogens with zero attached hydrogens (tertiary/aromatic N) is 2. The van der Waals surface area contributed by atoms with Gasteiger partial charge in [0.15, 0.2) is 0 Å². The third-order valence-electron chi connectivity index (χ3n) is 3.90. The Labute approximate surface area is 155 Å². The molecular weight excluding hydrogens is 388 g/mol. The molecule has 1 aliphatic rings. The largest absolute Gasteiger partial charge is 0.495 e. The fraction of sp³-hybridized carbons (Fsp3) is 0.105. The lowest BCUT2D eigenvalue weighted by Crippen LogP contribution is -2.21. The monoisotopic (exact) mass is 402 g/mol. The van der Waals surface area contributed by atoms with Gasteiger partial charge in [0.25, 0.3) is 0 Å². The van der Waals surface area contributed by atoms with Crippen LogP contribution in [0.25, 0.3) is 11.3 Å². The molecule has 2 heterocycles. The number of hydrogen-bond donors (Lipinski definition) is 0. The SMILES string of the molecule is C=C1C(Br)=CC(c2ccccc2)=C(c2ncc(OC)cc2Cl)N1C. The van der Waals surface area contributed by atoms with E-state index in [1.165, 1.54) is 0 Å². The summed E-state index contributed by atoms with van der Waals surface area (Å²) in [5.74, 6) is 0.625. The normalized spacial score (nSPS) is 14.8. The number of pyridine rings is 1. The van der Waals surface area contributed by atoms with Crippen LogP contribution in [-0.2, 0) is 0 Å². The second kappa shape index (κ2) is 6.83. The lowest BCUT2D eigenvalue weighted by molar-refractivity contribution is 0.412. The minimum atomic E-state index is 0.531. The van der Waals surface area contributed by atoms with E-state index in [0.717, 1.165) is 27.0 Å². The summed E-state index contributed by atoms with van der Waals surface area (Å²) in [6.07, 6.45) is 3.72. The summed E-state index contributed by atoms with van der Waals surface area (Å²) in [5.41, 5.74) is 4.55. The molecule has 122 valence electrons. The van der Waals surface area contributed by atoms with Gasteiger partial charge in [-0.15, -0.1) is 0 Å². The van der Waals surface area contributed by atoms with E-state index in [0.29, 0.717) is 16.5 Å². The topological polar surface area (TPSA) is 25.4 Å². The Balaban J connectivity index is 2.27. The first-order valence-corrected chi connectivity index (χ1v) is 8.50. The molecule has 3 nitrogen and oxygen atoms in total. The highest BCUT2D eigenvalue weighted by molar-refractivity contribution is 9.12. The summed E-state index contributed by atoms with van der Waals surface area (Å²) in [4.78, 5) is 6.51. The minimum absolute atomic E-state index is 0.531. The molecule has 0 saturated carbocycles. The zero-order valence-corrected chi connectivity index (χ0v) is 15.7. The van der Waals surface area contributed by atoms with Gasteiger partial charge >= 0.3 is 0 Å². The second-order valence-corrected chi connectivity index (χ2v) is 6.59. The molecule has 0 fully saturated rings. The quantitative estimate of drug-likeness (QED) is 0.691. The van der Waals surface area contributed by atoms with Gasteiger partial charge in [-0.05, 0) is 27.6 Å². The van der Waals surface area contributed by atoms with Crippen molar-refractivity contribution in [1.82, 2.24) is 9.88 Å². The fourth-order valence-electron chi connectivity index (χ4n) is 2.58. The number of methoxy groups -OCH3 is 1. The lowest BCUT2D eigenvalue weighted by Gasteiger charge is -2.31. The van der Waals surface area contributed by atoms with Crippen LogP contribution in [0.3, 0.4) is 0 Å². The Bertz CT molecular complexity index is 859. The molecule has 0 radical (unpaired) electrons. The first-order valence-electron chi connectivity index (χ1n) is 7.32. The molecular formula is C19H16BrClN2O. The molecule has 2 aromatic rings. The van der Waals surface area contributed by atoms with Crippen LogP contribution in [0.2, 0.25) is 5.02 Å². The first-order chi connectivity index (χ1) is 11.5. The van der Waals surface area contributed by atoms with E-state index in [2.05, 4.69) is 45.7 Å². The van der Waals surface area contributed by atoms with Gasteiger partial charge in [0.2, 0.25) is 0 Å². The molecule has 5 heteroatoms. The zero-order valence-electron chi connectivity index (χ0n) is 13.4. The third-order valence-corrected chi connectivity index (χ3v) is 4.88. The third kappa shape index (κ3) is 2.99. The summed E-state index contributed by atoms with van der Waals surface area (Å²) >= 11 is 10.1. The highest BCUT2D eigenvalue weighted by atomic mass is 79.9. The predicted octanol–water partition coefficient (Wildman–Crippen LogP) is 5.35. The van der Waals surface area contributed by atoms with Crippen molar-refractivity contribution < 1.29 is 4.74 Å². The van der Waals surface area contributed by atoms with Crippen LogP contribution in [0.5, 0.6) is 5.75 Å². The average Bonchev–Trinajstić information content (AvgIpc) is 2.60. The Hall–Kier alpha value is -2.04. The Morgan fingerprint density at radius 1 is 1.25 bits per heavy atom. The first kappa shape index (κ1) is 16.8. The molecule has 0 bridgehead atoms. The van der Waals surface area contributed by atoms with Gasteiger partial charge in [0.05, 0.1) is 24.0 Å². The molecule has 0 saturated heterocycles. The van der Waals surface area contributed by atoms with Gasteiger partial charge in [-0.2, -0.15) is 0 Å². The predicted molar refractivity (Wildman–Crippen MR) is 103 cm³/mol. The number of ether oxygens (including phenoxy) is 1. The van der Waals surface area contributed by atoms with Gasteiger partial charge < -0.3 is 9.64 Å². The molecule has 0 unspecified atom stereocenters. The number of hydrogen-bond acceptors (Lipinski definition) is 3. The number of benzene rings is 1. The van der Waals surface area contributed by atoms with Gasteiger partial charge in [0.1, 0.15) is 11.4 Å². The molecule has 0 spiro atoms. The van der Waals surface area contributed by atoms with Crippen LogP contribution in [0.1, 0.15) is 11.3 Å². The van der Waals surface area contributed by atoms with Crippen molar-refractivity contribution in [3.8, 4) is 5.75 Å². The van der Waals surface area contributed by atoms with Crippen LogP contribution in [-0.4, -0.2) is 24.0 Å². The molecule has 1 aromatic carbocycles. The number of allylic oxidation sites excluding steroid dienone is 3. The van der Waals surface area contributed by atoms with Crippen molar-refractivity contribution in [2.24, 2.45) is 0 Å². The molecule has 0 aliphatic carbocycles. The standard InChI is InChI=1S/C19H16BrClN2O/c1-12-16(20)10-15(13-7-5-4-6-8-13)19(23(12)2)18-17(21)9-14(24-3)11-22-18/h4-11H,1H2,2-3H3. The van der Waals surface area contributed by atoms with E-state index in [4.69, 9.17) is 16.3 Å². The summed E-state index contributed by atoms with van der Waals surface area (Å²) in [7, 11) is 3.55. The molecule has 24 heavy (non-hydrogen) atoms. The van der Waals surface area contributed by atoms with E-state index in [9.17, 15) is 0 Å². The summed E-state index contributed by atoms with van der Waals surface area (Å²) in [5, 5.41) is 0.531. The van der Waals surface area contributed by atoms with Crippen molar-refractivity contribution >= 4 is 38.8 Å². The molecule has 0 N–H and O–H groups in total. The highest BCUT2D eigenvalue weighted by Gasteiger charge is 2.25. The summed E-state index contributed by atoms with van der Waals surface area (Å²) < 4.78 is 6.13. The summed E-state index contributed by atoms with van der Waals surface area (Å²) in [6.45, 7) is 4.12. The van der Waals surface area contributed by atoms with Crippen LogP contribution in [0, 0.1) is 0 Å². The maximum Gasteiger partial charge on any atom is 0.138 e. The number of halogens is 2. The Morgan fingerprint density at radius 3 is 2.58 bits per heavy atom. The molecule has 1 aliphatic heterocycles. The number of rotatable bonds is 3. The number of likely N-dealkylation sites (N-methyl/N-ethyl adjacent to an activating group) is 1. The summed E-state index contributed by atoms with van der Waals surface area (Å²) in [6, 6.07) is 11.9. The van der Waals surface area contributed by atoms with Crippen LogP contribution < -0.4 is 4.74 Å². The molecule has 0 atom stereocenters. The zero-order chi connectivity index (χ0) is 17.3. The smallest absolute Gasteiger partial charge is 0.138 e. The molecule has 0 amide bonds. The van der Waals surface area contributed by atoms with Gasteiger partial charge in [0, 0.05) is 28.9 Å². The number of aromatic nitrogens is 1. The van der Waals surface area contributed by atoms with Crippen molar-refractivity contribution in [2.45, 2.75) is 0 Å². The van der Waals surface area contributed by atoms with E-state index in [-0.39, 0.29) is 0 Å². The Morgan fingerprint density at radius 2 is 1.96 bits per heavy atom. The van der Waals surface area contributed by atoms with Gasteiger partial charge in [-0.1, -0.05) is 48.5 Å². The van der Waals surface area contributed by atoms with Crippen LogP contribution in [0.4, 0.5) is 0 Å². The van der Waals surface area contributed by atoms with Crippen LogP contribution in [0.15, 0.2) is 65.4 Å². The van der Waals surface area contributed by atoms with Crippen LogP contribution >= 0.6 is 27.5 Å². The van der Waals surface area contributed by atoms with E-state index >= 15 is 0 Å². The minimum Gasteiger partial charge on any atom is -0.495 e. The Kier molecular flexibility index (Phi) is 4.78. The van der Waals surface area contributed by atoms with E-state index in [1.54, 1.807) is 19.4 Å². The van der Waals surface area contributed by atoms with Gasteiger partial charge in [-0.3, -0.25) is 0 Å². The second-order valence-electron chi connectivity index (χ2n) is 5.33. The van der Waals surface area contributed by atoms with Crippen molar-refractivity contribution in [3.63, 3.8) is 0 Å². The van der Waals surface area contributed by atoms with Crippen molar-refractivity contribution in [2.75, 3.05) is 14.2 Å². The average molecular weight is 404 g/mol. The lowest BCUT2D eigenvalue weighted by atomic mass is 9.97. The van der Waals surface area contributed by atoms with E-state index in [1.807, 2.05) is 30.1 Å². The maximum absolute atomic E-state index is 6.48. The van der Waals surface area contributed by atoms with E-state index < -0.39 is 0 Å². The van der Waals surface area contributed by atoms with Crippen molar-refractivity contribution in [1.29, 1.82) is 0 Å². The highest BCUT2D eigenvalue weighted by Crippen LogP contribution is 2.41. The molecule has 1 aromatic heterocycles. The van der Waals surface area contributed by atoms with Gasteiger partial charge in [-0.25, -0.2) is 4.98 Å². The maximum atomic E-state index is 6.48.